The molecule has 0 saturated carbocycles. The summed E-state index contributed by atoms with van der Waals surface area (Å²) in [4.78, 5) is 10.2. The van der Waals surface area contributed by atoms with Crippen molar-refractivity contribution in [2.75, 3.05) is 18.4 Å². The molecule has 0 bridgehead atoms. The Labute approximate surface area is 114 Å². The van der Waals surface area contributed by atoms with E-state index in [0.717, 1.165) is 22.3 Å². The first-order chi connectivity index (χ1) is 8.00. The number of rotatable bonds is 6. The van der Waals surface area contributed by atoms with Gasteiger partial charge in [0, 0.05) is 40.5 Å². The van der Waals surface area contributed by atoms with E-state index >= 15 is 0 Å². The lowest BCUT2D eigenvalue weighted by molar-refractivity contribution is -0.384. The van der Waals surface area contributed by atoms with Gasteiger partial charge in [0.1, 0.15) is 0 Å². The van der Waals surface area contributed by atoms with Gasteiger partial charge in [-0.25, -0.2) is 0 Å². The third-order valence-corrected chi connectivity index (χ3v) is 3.05. The van der Waals surface area contributed by atoms with E-state index in [4.69, 9.17) is 0 Å². The van der Waals surface area contributed by atoms with Crippen LogP contribution in [0.25, 0.3) is 0 Å². The minimum atomic E-state index is -0.383. The van der Waals surface area contributed by atoms with Crippen LogP contribution in [0.5, 0.6) is 0 Å². The fourth-order valence-corrected chi connectivity index (χ4v) is 2.01. The van der Waals surface area contributed by atoms with Crippen LogP contribution in [0.15, 0.2) is 18.2 Å². The number of nitro benzene ring substituents is 1. The Morgan fingerprint density at radius 2 is 2.12 bits per heavy atom. The molecule has 0 aliphatic carbocycles. The summed E-state index contributed by atoms with van der Waals surface area (Å²) in [6.07, 6.45) is 0. The Bertz CT molecular complexity index is 396. The van der Waals surface area contributed by atoms with Gasteiger partial charge in [-0.15, -0.1) is 0 Å². The standard InChI is InChI=1S/C11H16IN3O2/c1-8(2)13-5-6-14-11-4-3-9(15(16)17)7-10(11)12/h3-4,7-8,13-14H,5-6H2,1-2H3. The lowest BCUT2D eigenvalue weighted by atomic mass is 10.3. The Morgan fingerprint density at radius 1 is 1.41 bits per heavy atom. The fourth-order valence-electron chi connectivity index (χ4n) is 1.32. The van der Waals surface area contributed by atoms with Crippen molar-refractivity contribution in [2.24, 2.45) is 0 Å². The molecule has 0 spiro atoms. The molecular formula is C11H16IN3O2. The van der Waals surface area contributed by atoms with Crippen molar-refractivity contribution < 1.29 is 4.92 Å². The van der Waals surface area contributed by atoms with Crippen molar-refractivity contribution in [2.45, 2.75) is 19.9 Å². The fraction of sp³-hybridized carbons (Fsp3) is 0.455. The highest BCUT2D eigenvalue weighted by Crippen LogP contribution is 2.23. The zero-order valence-corrected chi connectivity index (χ0v) is 12.0. The van der Waals surface area contributed by atoms with E-state index in [0.29, 0.717) is 6.04 Å². The molecule has 0 aromatic heterocycles. The van der Waals surface area contributed by atoms with Gasteiger partial charge in [-0.05, 0) is 28.7 Å². The number of nitrogens with one attached hydrogen (secondary N) is 2. The number of anilines is 1. The van der Waals surface area contributed by atoms with E-state index in [1.165, 1.54) is 6.07 Å². The minimum Gasteiger partial charge on any atom is -0.383 e. The number of nitrogens with zero attached hydrogens (tertiary/aromatic N) is 1. The smallest absolute Gasteiger partial charge is 0.270 e. The van der Waals surface area contributed by atoms with Crippen molar-refractivity contribution in [1.29, 1.82) is 0 Å². The minimum absolute atomic E-state index is 0.125. The van der Waals surface area contributed by atoms with E-state index < -0.39 is 0 Å². The monoisotopic (exact) mass is 349 g/mol. The van der Waals surface area contributed by atoms with Crippen molar-refractivity contribution >= 4 is 34.0 Å². The predicted molar refractivity (Wildman–Crippen MR) is 77.4 cm³/mol. The molecule has 1 aromatic rings. The molecule has 1 rings (SSSR count). The van der Waals surface area contributed by atoms with Crippen LogP contribution >= 0.6 is 22.6 Å². The summed E-state index contributed by atoms with van der Waals surface area (Å²) < 4.78 is 0.862. The van der Waals surface area contributed by atoms with Crippen LogP contribution in [0, 0.1) is 13.7 Å². The molecule has 0 heterocycles. The van der Waals surface area contributed by atoms with E-state index in [2.05, 4.69) is 47.1 Å². The summed E-state index contributed by atoms with van der Waals surface area (Å²) in [6.45, 7) is 5.85. The highest BCUT2D eigenvalue weighted by atomic mass is 127. The molecule has 0 amide bonds. The molecule has 0 fully saturated rings. The number of hydrogen-bond donors (Lipinski definition) is 2. The number of nitro groups is 1. The maximum atomic E-state index is 10.6. The summed E-state index contributed by atoms with van der Waals surface area (Å²) in [5, 5.41) is 17.1. The van der Waals surface area contributed by atoms with Gasteiger partial charge in [-0.3, -0.25) is 10.1 Å². The molecular weight excluding hydrogens is 333 g/mol. The van der Waals surface area contributed by atoms with Gasteiger partial charge >= 0.3 is 0 Å². The summed E-state index contributed by atoms with van der Waals surface area (Å²) in [5.41, 5.74) is 1.06. The largest absolute Gasteiger partial charge is 0.383 e. The van der Waals surface area contributed by atoms with E-state index in [-0.39, 0.29) is 10.6 Å². The second-order valence-corrected chi connectivity index (χ2v) is 5.12. The third kappa shape index (κ3) is 4.86. The zero-order valence-electron chi connectivity index (χ0n) is 9.87. The summed E-state index contributed by atoms with van der Waals surface area (Å²) in [5.74, 6) is 0. The molecule has 17 heavy (non-hydrogen) atoms. The van der Waals surface area contributed by atoms with Gasteiger partial charge < -0.3 is 10.6 Å². The van der Waals surface area contributed by atoms with Crippen LogP contribution in [0.4, 0.5) is 11.4 Å². The molecule has 0 atom stereocenters. The lowest BCUT2D eigenvalue weighted by Crippen LogP contribution is -2.28. The van der Waals surface area contributed by atoms with Crippen molar-refractivity contribution in [3.05, 3.63) is 31.9 Å². The molecule has 0 aliphatic heterocycles. The van der Waals surface area contributed by atoms with Crippen LogP contribution in [-0.4, -0.2) is 24.1 Å². The van der Waals surface area contributed by atoms with Crippen molar-refractivity contribution in [3.63, 3.8) is 0 Å². The number of non-ortho nitro benzene ring substituents is 1. The van der Waals surface area contributed by atoms with Crippen LogP contribution in [0.2, 0.25) is 0 Å². The number of benzene rings is 1. The van der Waals surface area contributed by atoms with E-state index in [1.54, 1.807) is 12.1 Å². The Hall–Kier alpha value is -0.890. The van der Waals surface area contributed by atoms with Gasteiger partial charge in [0.2, 0.25) is 0 Å². The van der Waals surface area contributed by atoms with Gasteiger partial charge in [0.05, 0.1) is 4.92 Å². The normalized spacial score (nSPS) is 10.6. The Morgan fingerprint density at radius 3 is 2.65 bits per heavy atom. The number of halogens is 1. The van der Waals surface area contributed by atoms with Gasteiger partial charge in [0.25, 0.3) is 5.69 Å². The molecule has 6 heteroatoms. The molecule has 2 N–H and O–H groups in total. The first-order valence-electron chi connectivity index (χ1n) is 5.42. The SMILES string of the molecule is CC(C)NCCNc1ccc([N+](=O)[O-])cc1I. The molecule has 5 nitrogen and oxygen atoms in total. The van der Waals surface area contributed by atoms with E-state index in [1.807, 2.05) is 0 Å². The van der Waals surface area contributed by atoms with Crippen LogP contribution < -0.4 is 10.6 Å². The third-order valence-electron chi connectivity index (χ3n) is 2.16. The summed E-state index contributed by atoms with van der Waals surface area (Å²) >= 11 is 2.10. The lowest BCUT2D eigenvalue weighted by Gasteiger charge is -2.11. The quantitative estimate of drug-likeness (QED) is 0.359. The molecule has 0 aliphatic rings. The van der Waals surface area contributed by atoms with Crippen LogP contribution in [0.1, 0.15) is 13.8 Å². The number of hydrogen-bond acceptors (Lipinski definition) is 4. The second-order valence-electron chi connectivity index (χ2n) is 3.96. The van der Waals surface area contributed by atoms with Gasteiger partial charge in [-0.2, -0.15) is 0 Å². The first-order valence-corrected chi connectivity index (χ1v) is 6.50. The Kier molecular flexibility index (Phi) is 5.63. The van der Waals surface area contributed by atoms with E-state index in [9.17, 15) is 10.1 Å². The summed E-state index contributed by atoms with van der Waals surface area (Å²) in [7, 11) is 0. The van der Waals surface area contributed by atoms with Gasteiger partial charge in [-0.1, -0.05) is 13.8 Å². The topological polar surface area (TPSA) is 67.2 Å². The Balaban J connectivity index is 2.52. The molecule has 0 saturated heterocycles. The average molecular weight is 349 g/mol. The maximum absolute atomic E-state index is 10.6. The van der Waals surface area contributed by atoms with Crippen LogP contribution in [-0.2, 0) is 0 Å². The molecule has 0 radical (unpaired) electrons. The highest BCUT2D eigenvalue weighted by Gasteiger charge is 2.08. The molecule has 94 valence electrons. The van der Waals surface area contributed by atoms with Crippen molar-refractivity contribution in [3.8, 4) is 0 Å². The molecule has 0 unspecified atom stereocenters. The average Bonchev–Trinajstić information content (AvgIpc) is 2.25. The van der Waals surface area contributed by atoms with Crippen molar-refractivity contribution in [1.82, 2.24) is 5.32 Å². The summed E-state index contributed by atoms with van der Waals surface area (Å²) in [6, 6.07) is 5.29. The maximum Gasteiger partial charge on any atom is 0.270 e. The predicted octanol–water partition coefficient (Wildman–Crippen LogP) is 2.61. The molecule has 1 aromatic carbocycles. The highest BCUT2D eigenvalue weighted by molar-refractivity contribution is 14.1. The second kappa shape index (κ2) is 6.75. The van der Waals surface area contributed by atoms with Crippen LogP contribution in [0.3, 0.4) is 0 Å². The first kappa shape index (κ1) is 14.2. The zero-order chi connectivity index (χ0) is 12.8. The van der Waals surface area contributed by atoms with Gasteiger partial charge in [0.15, 0.2) is 0 Å².